The monoisotopic (exact) mass is 330 g/mol. The fourth-order valence-corrected chi connectivity index (χ4v) is 3.41. The molecule has 0 radical (unpaired) electrons. The van der Waals surface area contributed by atoms with Crippen molar-refractivity contribution in [3.05, 3.63) is 35.9 Å². The Morgan fingerprint density at radius 3 is 2.58 bits per heavy atom. The van der Waals surface area contributed by atoms with Crippen molar-refractivity contribution < 1.29 is 14.7 Å². The summed E-state index contributed by atoms with van der Waals surface area (Å²) < 4.78 is 0. The lowest BCUT2D eigenvalue weighted by Gasteiger charge is -2.33. The summed E-state index contributed by atoms with van der Waals surface area (Å²) in [7, 11) is 0. The van der Waals surface area contributed by atoms with Crippen LogP contribution in [0.3, 0.4) is 0 Å². The van der Waals surface area contributed by atoms with Gasteiger partial charge in [0.25, 0.3) is 0 Å². The van der Waals surface area contributed by atoms with Crippen LogP contribution in [0.15, 0.2) is 30.3 Å². The van der Waals surface area contributed by atoms with E-state index in [9.17, 15) is 14.7 Å². The number of carbonyl (C=O) groups excluding carboxylic acids is 2. The molecular formula is C19H26N2O3. The lowest BCUT2D eigenvalue weighted by atomic mass is 9.95. The number of aliphatic hydroxyl groups is 1. The van der Waals surface area contributed by atoms with E-state index in [1.54, 1.807) is 0 Å². The molecule has 2 fully saturated rings. The average Bonchev–Trinajstić information content (AvgIpc) is 3.46. The predicted octanol–water partition coefficient (Wildman–Crippen LogP) is 1.87. The first kappa shape index (κ1) is 17.0. The molecule has 130 valence electrons. The van der Waals surface area contributed by atoms with Crippen LogP contribution in [0.25, 0.3) is 0 Å². The van der Waals surface area contributed by atoms with Crippen molar-refractivity contribution >= 4 is 11.8 Å². The van der Waals surface area contributed by atoms with E-state index < -0.39 is 0 Å². The minimum atomic E-state index is -0.182. The maximum absolute atomic E-state index is 12.7. The van der Waals surface area contributed by atoms with Crippen molar-refractivity contribution in [1.29, 1.82) is 0 Å². The van der Waals surface area contributed by atoms with Crippen LogP contribution >= 0.6 is 0 Å². The van der Waals surface area contributed by atoms with Gasteiger partial charge in [-0.05, 0) is 37.7 Å². The van der Waals surface area contributed by atoms with Crippen LogP contribution in [-0.4, -0.2) is 41.5 Å². The molecule has 0 spiro atoms. The Morgan fingerprint density at radius 1 is 1.17 bits per heavy atom. The molecule has 0 aromatic heterocycles. The van der Waals surface area contributed by atoms with Gasteiger partial charge in [0.15, 0.2) is 0 Å². The number of hydrogen-bond acceptors (Lipinski definition) is 3. The molecule has 5 heteroatoms. The SMILES string of the molecule is O=C(N[C@H](CCO)c1ccccc1)[C@H]1CCCN(C(=O)C2CC2)C1. The summed E-state index contributed by atoms with van der Waals surface area (Å²) in [5, 5.41) is 12.4. The first-order chi connectivity index (χ1) is 11.7. The molecule has 2 N–H and O–H groups in total. The van der Waals surface area contributed by atoms with Crippen molar-refractivity contribution in [3.8, 4) is 0 Å². The number of rotatable bonds is 6. The van der Waals surface area contributed by atoms with Gasteiger partial charge >= 0.3 is 0 Å². The van der Waals surface area contributed by atoms with E-state index in [2.05, 4.69) is 5.32 Å². The first-order valence-electron chi connectivity index (χ1n) is 8.94. The van der Waals surface area contributed by atoms with E-state index in [1.807, 2.05) is 35.2 Å². The van der Waals surface area contributed by atoms with E-state index in [1.165, 1.54) is 0 Å². The van der Waals surface area contributed by atoms with Crippen LogP contribution in [0.2, 0.25) is 0 Å². The van der Waals surface area contributed by atoms with Crippen molar-refractivity contribution in [3.63, 3.8) is 0 Å². The average molecular weight is 330 g/mol. The molecule has 2 atom stereocenters. The number of aliphatic hydroxyl groups excluding tert-OH is 1. The van der Waals surface area contributed by atoms with Crippen LogP contribution in [0.5, 0.6) is 0 Å². The Kier molecular flexibility index (Phi) is 5.51. The summed E-state index contributed by atoms with van der Waals surface area (Å²) in [6.07, 6.45) is 4.19. The van der Waals surface area contributed by atoms with Gasteiger partial charge < -0.3 is 15.3 Å². The fourth-order valence-electron chi connectivity index (χ4n) is 3.41. The third-order valence-corrected chi connectivity index (χ3v) is 4.97. The Morgan fingerprint density at radius 2 is 1.92 bits per heavy atom. The van der Waals surface area contributed by atoms with Gasteiger partial charge in [0.2, 0.25) is 11.8 Å². The first-order valence-corrected chi connectivity index (χ1v) is 8.94. The van der Waals surface area contributed by atoms with Gasteiger partial charge in [-0.2, -0.15) is 0 Å². The number of likely N-dealkylation sites (tertiary alicyclic amines) is 1. The molecule has 1 heterocycles. The van der Waals surface area contributed by atoms with Crippen molar-refractivity contribution in [2.24, 2.45) is 11.8 Å². The molecule has 2 amide bonds. The van der Waals surface area contributed by atoms with Gasteiger partial charge in [-0.3, -0.25) is 9.59 Å². The number of nitrogens with zero attached hydrogens (tertiary/aromatic N) is 1. The maximum atomic E-state index is 12.7. The zero-order chi connectivity index (χ0) is 16.9. The van der Waals surface area contributed by atoms with Gasteiger partial charge in [-0.15, -0.1) is 0 Å². The molecule has 3 rings (SSSR count). The normalized spacial score (nSPS) is 22.0. The second-order valence-electron chi connectivity index (χ2n) is 6.88. The van der Waals surface area contributed by atoms with E-state index >= 15 is 0 Å². The molecule has 5 nitrogen and oxygen atoms in total. The highest BCUT2D eigenvalue weighted by Gasteiger charge is 2.37. The van der Waals surface area contributed by atoms with E-state index in [0.717, 1.165) is 37.8 Å². The quantitative estimate of drug-likeness (QED) is 0.837. The van der Waals surface area contributed by atoms with Crippen LogP contribution in [-0.2, 0) is 9.59 Å². The molecule has 24 heavy (non-hydrogen) atoms. The highest BCUT2D eigenvalue weighted by atomic mass is 16.3. The minimum Gasteiger partial charge on any atom is -0.396 e. The molecule has 1 aromatic carbocycles. The Balaban J connectivity index is 1.60. The summed E-state index contributed by atoms with van der Waals surface area (Å²) in [6, 6.07) is 9.54. The number of amides is 2. The largest absolute Gasteiger partial charge is 0.396 e. The van der Waals surface area contributed by atoms with Crippen molar-refractivity contribution in [2.75, 3.05) is 19.7 Å². The summed E-state index contributed by atoms with van der Waals surface area (Å²) >= 11 is 0. The van der Waals surface area contributed by atoms with Crippen LogP contribution in [0.4, 0.5) is 0 Å². The second-order valence-corrected chi connectivity index (χ2v) is 6.88. The molecular weight excluding hydrogens is 304 g/mol. The van der Waals surface area contributed by atoms with Gasteiger partial charge in [0.1, 0.15) is 0 Å². The Bertz CT molecular complexity index is 571. The standard InChI is InChI=1S/C19H26N2O3/c22-12-10-17(14-5-2-1-3-6-14)20-18(23)16-7-4-11-21(13-16)19(24)15-8-9-15/h1-3,5-6,15-17,22H,4,7-13H2,(H,20,23)/t16-,17+/m0/s1. The summed E-state index contributed by atoms with van der Waals surface area (Å²) in [4.78, 5) is 26.8. The molecule has 1 aliphatic carbocycles. The number of hydrogen-bond donors (Lipinski definition) is 2. The molecule has 1 aromatic rings. The number of carbonyl (C=O) groups is 2. The minimum absolute atomic E-state index is 0.00870. The Hall–Kier alpha value is -1.88. The highest BCUT2D eigenvalue weighted by Crippen LogP contribution is 2.32. The Labute approximate surface area is 143 Å². The van der Waals surface area contributed by atoms with E-state index in [4.69, 9.17) is 0 Å². The molecule has 1 saturated heterocycles. The van der Waals surface area contributed by atoms with E-state index in [-0.39, 0.29) is 36.3 Å². The number of piperidine rings is 1. The van der Waals surface area contributed by atoms with E-state index in [0.29, 0.717) is 13.0 Å². The summed E-state index contributed by atoms with van der Waals surface area (Å²) in [5.41, 5.74) is 1.00. The maximum Gasteiger partial charge on any atom is 0.225 e. The summed E-state index contributed by atoms with van der Waals surface area (Å²) in [6.45, 7) is 1.33. The topological polar surface area (TPSA) is 69.6 Å². The molecule has 1 saturated carbocycles. The zero-order valence-electron chi connectivity index (χ0n) is 14.0. The predicted molar refractivity (Wildman–Crippen MR) is 91.1 cm³/mol. The second kappa shape index (κ2) is 7.79. The summed E-state index contributed by atoms with van der Waals surface area (Å²) in [5.74, 6) is 0.276. The van der Waals surface area contributed by atoms with Gasteiger partial charge in [-0.1, -0.05) is 30.3 Å². The lowest BCUT2D eigenvalue weighted by molar-refractivity contribution is -0.137. The molecule has 0 bridgehead atoms. The number of benzene rings is 1. The smallest absolute Gasteiger partial charge is 0.225 e. The van der Waals surface area contributed by atoms with Crippen LogP contribution in [0, 0.1) is 11.8 Å². The lowest BCUT2D eigenvalue weighted by Crippen LogP contribution is -2.46. The van der Waals surface area contributed by atoms with Crippen LogP contribution < -0.4 is 5.32 Å². The third-order valence-electron chi connectivity index (χ3n) is 4.97. The van der Waals surface area contributed by atoms with Crippen molar-refractivity contribution in [1.82, 2.24) is 10.2 Å². The molecule has 1 aliphatic heterocycles. The van der Waals surface area contributed by atoms with Crippen LogP contribution in [0.1, 0.15) is 43.7 Å². The third kappa shape index (κ3) is 4.15. The fraction of sp³-hybridized carbons (Fsp3) is 0.579. The van der Waals surface area contributed by atoms with Gasteiger partial charge in [-0.25, -0.2) is 0 Å². The highest BCUT2D eigenvalue weighted by molar-refractivity contribution is 5.83. The zero-order valence-corrected chi connectivity index (χ0v) is 14.0. The number of nitrogens with one attached hydrogen (secondary N) is 1. The van der Waals surface area contributed by atoms with Crippen molar-refractivity contribution in [2.45, 2.75) is 38.1 Å². The molecule has 2 aliphatic rings. The molecule has 0 unspecified atom stereocenters. The van der Waals surface area contributed by atoms with Gasteiger partial charge in [0, 0.05) is 25.6 Å². The van der Waals surface area contributed by atoms with Gasteiger partial charge in [0.05, 0.1) is 12.0 Å².